The second-order valence-electron chi connectivity index (χ2n) is 4.80. The van der Waals surface area contributed by atoms with Crippen LogP contribution in [0.5, 0.6) is 0 Å². The van der Waals surface area contributed by atoms with Crippen LogP contribution in [0.3, 0.4) is 0 Å². The molecule has 5 heteroatoms. The predicted octanol–water partition coefficient (Wildman–Crippen LogP) is 4.49. The molecule has 0 unspecified atom stereocenters. The van der Waals surface area contributed by atoms with E-state index in [4.69, 9.17) is 0 Å². The first-order valence-corrected chi connectivity index (χ1v) is 8.98. The van der Waals surface area contributed by atoms with Gasteiger partial charge in [-0.2, -0.15) is 0 Å². The second kappa shape index (κ2) is 7.96. The topological polar surface area (TPSA) is 37.8 Å². The number of aryl methyl sites for hydroxylation is 1. The number of benzene rings is 2. The van der Waals surface area contributed by atoms with Gasteiger partial charge in [-0.25, -0.2) is 0 Å². The van der Waals surface area contributed by atoms with E-state index in [2.05, 4.69) is 51.9 Å². The van der Waals surface area contributed by atoms with Gasteiger partial charge in [0, 0.05) is 12.3 Å². The lowest BCUT2D eigenvalue weighted by atomic mass is 10.2. The molecule has 112 valence electrons. The first-order chi connectivity index (χ1) is 10.9. The summed E-state index contributed by atoms with van der Waals surface area (Å²) in [5.41, 5.74) is 2.61. The molecule has 3 rings (SSSR count). The summed E-state index contributed by atoms with van der Waals surface area (Å²) >= 11 is 3.38. The van der Waals surface area contributed by atoms with Crippen LogP contribution < -0.4 is 5.32 Å². The van der Waals surface area contributed by atoms with Crippen LogP contribution in [0.4, 0.5) is 5.13 Å². The average molecular weight is 327 g/mol. The molecule has 0 atom stereocenters. The zero-order chi connectivity index (χ0) is 15.0. The first kappa shape index (κ1) is 15.1. The highest BCUT2D eigenvalue weighted by Crippen LogP contribution is 2.26. The number of hydrogen-bond acceptors (Lipinski definition) is 5. The summed E-state index contributed by atoms with van der Waals surface area (Å²) in [5, 5.41) is 12.6. The lowest BCUT2D eigenvalue weighted by Gasteiger charge is -2.01. The third-order valence-corrected chi connectivity index (χ3v) is 5.17. The molecule has 0 aliphatic carbocycles. The minimum absolute atomic E-state index is 0.782. The van der Waals surface area contributed by atoms with E-state index in [9.17, 15) is 0 Å². The van der Waals surface area contributed by atoms with Crippen molar-refractivity contribution < 1.29 is 0 Å². The van der Waals surface area contributed by atoms with Crippen molar-refractivity contribution in [2.24, 2.45) is 0 Å². The summed E-state index contributed by atoms with van der Waals surface area (Å²) in [6, 6.07) is 20.8. The Morgan fingerprint density at radius 3 is 2.27 bits per heavy atom. The molecule has 1 aromatic heterocycles. The summed E-state index contributed by atoms with van der Waals surface area (Å²) in [6.45, 7) is 0.782. The lowest BCUT2D eigenvalue weighted by molar-refractivity contribution is 0.993. The van der Waals surface area contributed by atoms with E-state index in [0.717, 1.165) is 28.2 Å². The summed E-state index contributed by atoms with van der Waals surface area (Å²) in [5.74, 6) is 1.03. The molecule has 3 aromatic rings. The SMILES string of the molecule is c1ccc(CCSc2nnc(NCc3ccccc3)s2)cc1. The molecule has 0 fully saturated rings. The number of rotatable bonds is 7. The molecule has 3 nitrogen and oxygen atoms in total. The molecular formula is C17H17N3S2. The molecule has 0 aliphatic heterocycles. The van der Waals surface area contributed by atoms with Crippen molar-refractivity contribution in [2.75, 3.05) is 11.1 Å². The number of hydrogen-bond donors (Lipinski definition) is 1. The van der Waals surface area contributed by atoms with Crippen molar-refractivity contribution in [2.45, 2.75) is 17.3 Å². The molecule has 0 aliphatic rings. The highest BCUT2D eigenvalue weighted by molar-refractivity contribution is 8.01. The van der Waals surface area contributed by atoms with Crippen LogP contribution in [0.25, 0.3) is 0 Å². The van der Waals surface area contributed by atoms with Gasteiger partial charge in [0.1, 0.15) is 0 Å². The maximum absolute atomic E-state index is 4.23. The summed E-state index contributed by atoms with van der Waals surface area (Å²) in [7, 11) is 0. The van der Waals surface area contributed by atoms with Crippen molar-refractivity contribution >= 4 is 28.2 Å². The standard InChI is InChI=1S/C17H17N3S2/c1-3-7-14(8-4-1)11-12-21-17-20-19-16(22-17)18-13-15-9-5-2-6-10-15/h1-10H,11-13H2,(H,18,19). The molecule has 0 spiro atoms. The lowest BCUT2D eigenvalue weighted by Crippen LogP contribution is -1.98. The third-order valence-electron chi connectivity index (χ3n) is 3.15. The van der Waals surface area contributed by atoms with Gasteiger partial charge in [-0.1, -0.05) is 83.8 Å². The van der Waals surface area contributed by atoms with Gasteiger partial charge < -0.3 is 5.32 Å². The minimum atomic E-state index is 0.782. The molecule has 22 heavy (non-hydrogen) atoms. The van der Waals surface area contributed by atoms with Gasteiger partial charge in [0.05, 0.1) is 0 Å². The van der Waals surface area contributed by atoms with E-state index in [-0.39, 0.29) is 0 Å². The Bertz CT molecular complexity index is 683. The van der Waals surface area contributed by atoms with Crippen molar-refractivity contribution in [1.82, 2.24) is 10.2 Å². The normalized spacial score (nSPS) is 10.5. The third kappa shape index (κ3) is 4.58. The molecular weight excluding hydrogens is 310 g/mol. The largest absolute Gasteiger partial charge is 0.356 e. The highest BCUT2D eigenvalue weighted by Gasteiger charge is 2.04. The predicted molar refractivity (Wildman–Crippen MR) is 94.5 cm³/mol. The monoisotopic (exact) mass is 327 g/mol. The molecule has 1 heterocycles. The molecule has 0 saturated heterocycles. The van der Waals surface area contributed by atoms with Crippen LogP contribution in [-0.2, 0) is 13.0 Å². The second-order valence-corrected chi connectivity index (χ2v) is 7.12. The Balaban J connectivity index is 1.45. The van der Waals surface area contributed by atoms with Crippen LogP contribution in [0.2, 0.25) is 0 Å². The number of nitrogens with zero attached hydrogens (tertiary/aromatic N) is 2. The fourth-order valence-corrected chi connectivity index (χ4v) is 3.82. The zero-order valence-electron chi connectivity index (χ0n) is 12.1. The Kier molecular flexibility index (Phi) is 5.45. The molecule has 1 N–H and O–H groups in total. The van der Waals surface area contributed by atoms with Gasteiger partial charge in [-0.05, 0) is 17.5 Å². The Morgan fingerprint density at radius 1 is 0.864 bits per heavy atom. The first-order valence-electron chi connectivity index (χ1n) is 7.18. The zero-order valence-corrected chi connectivity index (χ0v) is 13.7. The number of nitrogens with one attached hydrogen (secondary N) is 1. The average Bonchev–Trinajstić information content (AvgIpc) is 3.03. The van der Waals surface area contributed by atoms with Gasteiger partial charge in [-0.15, -0.1) is 10.2 Å². The number of thioether (sulfide) groups is 1. The van der Waals surface area contributed by atoms with E-state index in [0.29, 0.717) is 0 Å². The Hall–Kier alpha value is -1.85. The van der Waals surface area contributed by atoms with Crippen LogP contribution in [0.1, 0.15) is 11.1 Å². The quantitative estimate of drug-likeness (QED) is 0.649. The van der Waals surface area contributed by atoms with Crippen LogP contribution in [0.15, 0.2) is 65.0 Å². The molecule has 0 bridgehead atoms. The van der Waals surface area contributed by atoms with E-state index >= 15 is 0 Å². The van der Waals surface area contributed by atoms with E-state index < -0.39 is 0 Å². The maximum atomic E-state index is 4.23. The molecule has 0 amide bonds. The number of aromatic nitrogens is 2. The van der Waals surface area contributed by atoms with Crippen molar-refractivity contribution in [3.8, 4) is 0 Å². The summed E-state index contributed by atoms with van der Waals surface area (Å²) in [4.78, 5) is 0. The van der Waals surface area contributed by atoms with E-state index in [1.807, 2.05) is 24.3 Å². The highest BCUT2D eigenvalue weighted by atomic mass is 32.2. The van der Waals surface area contributed by atoms with E-state index in [1.165, 1.54) is 11.1 Å². The van der Waals surface area contributed by atoms with E-state index in [1.54, 1.807) is 23.1 Å². The smallest absolute Gasteiger partial charge is 0.206 e. The molecule has 0 saturated carbocycles. The fourth-order valence-electron chi connectivity index (χ4n) is 2.01. The Morgan fingerprint density at radius 2 is 1.55 bits per heavy atom. The molecule has 0 radical (unpaired) electrons. The summed E-state index contributed by atoms with van der Waals surface area (Å²) < 4.78 is 1.02. The Labute approximate surface area is 138 Å². The van der Waals surface area contributed by atoms with Crippen LogP contribution >= 0.6 is 23.1 Å². The molecule has 2 aromatic carbocycles. The maximum Gasteiger partial charge on any atom is 0.206 e. The summed E-state index contributed by atoms with van der Waals surface area (Å²) in [6.07, 6.45) is 1.05. The van der Waals surface area contributed by atoms with Gasteiger partial charge in [-0.3, -0.25) is 0 Å². The van der Waals surface area contributed by atoms with Crippen LogP contribution in [0, 0.1) is 0 Å². The fraction of sp³-hybridized carbons (Fsp3) is 0.176. The van der Waals surface area contributed by atoms with Crippen LogP contribution in [-0.4, -0.2) is 16.0 Å². The van der Waals surface area contributed by atoms with Gasteiger partial charge in [0.15, 0.2) is 4.34 Å². The van der Waals surface area contributed by atoms with Gasteiger partial charge in [0.25, 0.3) is 0 Å². The van der Waals surface area contributed by atoms with Crippen molar-refractivity contribution in [3.63, 3.8) is 0 Å². The number of anilines is 1. The van der Waals surface area contributed by atoms with Crippen molar-refractivity contribution in [3.05, 3.63) is 71.8 Å². The van der Waals surface area contributed by atoms with Gasteiger partial charge >= 0.3 is 0 Å². The van der Waals surface area contributed by atoms with Crippen molar-refractivity contribution in [1.29, 1.82) is 0 Å². The minimum Gasteiger partial charge on any atom is -0.356 e. The van der Waals surface area contributed by atoms with Gasteiger partial charge in [0.2, 0.25) is 5.13 Å².